The molecular formula is C11H8F8O. The third-order valence-corrected chi connectivity index (χ3v) is 2.43. The van der Waals surface area contributed by atoms with Crippen LogP contribution in [0.4, 0.5) is 35.1 Å². The lowest BCUT2D eigenvalue weighted by Crippen LogP contribution is -2.18. The van der Waals surface area contributed by atoms with Gasteiger partial charge in [0.1, 0.15) is 11.3 Å². The lowest BCUT2D eigenvalue weighted by Gasteiger charge is -2.20. The van der Waals surface area contributed by atoms with E-state index < -0.39 is 47.8 Å². The van der Waals surface area contributed by atoms with Crippen molar-refractivity contribution in [2.45, 2.75) is 32.3 Å². The van der Waals surface area contributed by atoms with Gasteiger partial charge in [0.05, 0.1) is 5.56 Å². The van der Waals surface area contributed by atoms with Gasteiger partial charge in [0.25, 0.3) is 0 Å². The van der Waals surface area contributed by atoms with Crippen molar-refractivity contribution in [3.05, 3.63) is 28.8 Å². The number of alkyl halides is 8. The SMILES string of the molecule is CCc1c(C(F)(F)F)ccc(OC(F)F)c1C(F)(F)F. The quantitative estimate of drug-likeness (QED) is 0.723. The van der Waals surface area contributed by atoms with Crippen LogP contribution in [0.1, 0.15) is 23.6 Å². The molecule has 1 nitrogen and oxygen atoms in total. The molecule has 20 heavy (non-hydrogen) atoms. The minimum absolute atomic E-state index is 0.247. The van der Waals surface area contributed by atoms with Crippen LogP contribution in [0.25, 0.3) is 0 Å². The van der Waals surface area contributed by atoms with E-state index >= 15 is 0 Å². The van der Waals surface area contributed by atoms with Gasteiger partial charge in [-0.2, -0.15) is 35.1 Å². The fraction of sp³-hybridized carbons (Fsp3) is 0.455. The highest BCUT2D eigenvalue weighted by Gasteiger charge is 2.43. The summed E-state index contributed by atoms with van der Waals surface area (Å²) in [6.45, 7) is -2.51. The summed E-state index contributed by atoms with van der Waals surface area (Å²) in [6, 6.07) is 0.544. The molecule has 0 aliphatic rings. The van der Waals surface area contributed by atoms with Gasteiger partial charge in [0, 0.05) is 0 Å². The number of ether oxygens (including phenoxy) is 1. The van der Waals surface area contributed by atoms with E-state index in [1.807, 2.05) is 0 Å². The van der Waals surface area contributed by atoms with Crippen LogP contribution in [-0.4, -0.2) is 6.61 Å². The van der Waals surface area contributed by atoms with Gasteiger partial charge in [-0.25, -0.2) is 0 Å². The zero-order valence-corrected chi connectivity index (χ0v) is 9.87. The van der Waals surface area contributed by atoms with Crippen LogP contribution in [0.2, 0.25) is 0 Å². The third-order valence-electron chi connectivity index (χ3n) is 2.43. The van der Waals surface area contributed by atoms with Crippen LogP contribution >= 0.6 is 0 Å². The minimum atomic E-state index is -5.24. The summed E-state index contributed by atoms with van der Waals surface area (Å²) in [5, 5.41) is 0. The van der Waals surface area contributed by atoms with Crippen molar-refractivity contribution in [1.29, 1.82) is 0 Å². The topological polar surface area (TPSA) is 9.23 Å². The van der Waals surface area contributed by atoms with E-state index in [4.69, 9.17) is 0 Å². The molecule has 114 valence electrons. The molecule has 0 bridgehead atoms. The molecule has 1 rings (SSSR count). The molecule has 9 heteroatoms. The maximum atomic E-state index is 12.8. The van der Waals surface area contributed by atoms with Crippen molar-refractivity contribution < 1.29 is 39.9 Å². The fourth-order valence-corrected chi connectivity index (χ4v) is 1.76. The molecule has 1 aromatic carbocycles. The number of hydrogen-bond donors (Lipinski definition) is 0. The average molecular weight is 308 g/mol. The van der Waals surface area contributed by atoms with Crippen LogP contribution in [0.15, 0.2) is 12.1 Å². The van der Waals surface area contributed by atoms with Crippen molar-refractivity contribution in [3.63, 3.8) is 0 Å². The van der Waals surface area contributed by atoms with Crippen molar-refractivity contribution in [3.8, 4) is 5.75 Å². The summed E-state index contributed by atoms with van der Waals surface area (Å²) in [5.41, 5.74) is -4.47. The Labute approximate surface area is 108 Å². The standard InChI is InChI=1S/C11H8F8O/c1-2-5-6(10(14,15)16)3-4-7(20-9(12)13)8(5)11(17,18)19/h3-4,9H,2H2,1H3. The number of halogens is 8. The van der Waals surface area contributed by atoms with E-state index in [0.29, 0.717) is 6.07 Å². The lowest BCUT2D eigenvalue weighted by molar-refractivity contribution is -0.146. The van der Waals surface area contributed by atoms with Crippen molar-refractivity contribution in [1.82, 2.24) is 0 Å². The average Bonchev–Trinajstić information content (AvgIpc) is 2.24. The van der Waals surface area contributed by atoms with Crippen LogP contribution in [0, 0.1) is 0 Å². The highest BCUT2D eigenvalue weighted by atomic mass is 19.4. The third kappa shape index (κ3) is 3.51. The Morgan fingerprint density at radius 3 is 1.90 bits per heavy atom. The van der Waals surface area contributed by atoms with E-state index in [9.17, 15) is 35.1 Å². The van der Waals surface area contributed by atoms with E-state index in [-0.39, 0.29) is 6.07 Å². The molecule has 0 fully saturated rings. The highest BCUT2D eigenvalue weighted by molar-refractivity contribution is 5.48. The zero-order chi connectivity index (χ0) is 15.7. The van der Waals surface area contributed by atoms with Crippen LogP contribution < -0.4 is 4.74 Å². The van der Waals surface area contributed by atoms with E-state index in [1.165, 1.54) is 0 Å². The summed E-state index contributed by atoms with van der Waals surface area (Å²) in [7, 11) is 0. The van der Waals surface area contributed by atoms with Gasteiger partial charge in [0.15, 0.2) is 0 Å². The Kier molecular flexibility index (Phi) is 4.50. The molecular weight excluding hydrogens is 300 g/mol. The second kappa shape index (κ2) is 5.45. The lowest BCUT2D eigenvalue weighted by atomic mass is 9.97. The molecule has 0 heterocycles. The summed E-state index contributed by atoms with van der Waals surface area (Å²) in [6.07, 6.45) is -10.9. The molecule has 0 atom stereocenters. The van der Waals surface area contributed by atoms with Crippen molar-refractivity contribution >= 4 is 0 Å². The monoisotopic (exact) mass is 308 g/mol. The van der Waals surface area contributed by atoms with Gasteiger partial charge in [-0.3, -0.25) is 0 Å². The van der Waals surface area contributed by atoms with Crippen LogP contribution in [0.5, 0.6) is 5.75 Å². The Morgan fingerprint density at radius 1 is 1.00 bits per heavy atom. The first-order valence-electron chi connectivity index (χ1n) is 5.23. The Morgan fingerprint density at radius 2 is 1.55 bits per heavy atom. The molecule has 0 saturated carbocycles. The van der Waals surface area contributed by atoms with Gasteiger partial charge >= 0.3 is 19.0 Å². The maximum absolute atomic E-state index is 12.8. The second-order valence-electron chi connectivity index (χ2n) is 3.69. The second-order valence-corrected chi connectivity index (χ2v) is 3.69. The van der Waals surface area contributed by atoms with Gasteiger partial charge in [-0.05, 0) is 24.1 Å². The minimum Gasteiger partial charge on any atom is -0.434 e. The first-order valence-corrected chi connectivity index (χ1v) is 5.23. The number of rotatable bonds is 3. The summed E-state index contributed by atoms with van der Waals surface area (Å²) >= 11 is 0. The predicted octanol–water partition coefficient (Wildman–Crippen LogP) is 4.89. The highest BCUT2D eigenvalue weighted by Crippen LogP contribution is 2.44. The van der Waals surface area contributed by atoms with Crippen LogP contribution in [-0.2, 0) is 18.8 Å². The summed E-state index contributed by atoms with van der Waals surface area (Å²) in [5.74, 6) is -1.32. The van der Waals surface area contributed by atoms with E-state index in [0.717, 1.165) is 6.92 Å². The molecule has 0 spiro atoms. The van der Waals surface area contributed by atoms with Crippen LogP contribution in [0.3, 0.4) is 0 Å². The zero-order valence-electron chi connectivity index (χ0n) is 9.87. The normalized spacial score (nSPS) is 12.9. The first kappa shape index (κ1) is 16.5. The Hall–Kier alpha value is -1.54. The largest absolute Gasteiger partial charge is 0.434 e. The number of benzene rings is 1. The fourth-order valence-electron chi connectivity index (χ4n) is 1.76. The predicted molar refractivity (Wildman–Crippen MR) is 52.5 cm³/mol. The van der Waals surface area contributed by atoms with E-state index in [1.54, 1.807) is 0 Å². The summed E-state index contributed by atoms with van der Waals surface area (Å²) < 4.78 is 104. The number of hydrogen-bond acceptors (Lipinski definition) is 1. The molecule has 0 unspecified atom stereocenters. The molecule has 0 aliphatic heterocycles. The molecule has 0 saturated heterocycles. The van der Waals surface area contributed by atoms with Gasteiger partial charge in [0.2, 0.25) is 0 Å². The van der Waals surface area contributed by atoms with Gasteiger partial charge in [-0.15, -0.1) is 0 Å². The maximum Gasteiger partial charge on any atom is 0.420 e. The Bertz CT molecular complexity index is 475. The van der Waals surface area contributed by atoms with Crippen molar-refractivity contribution in [2.24, 2.45) is 0 Å². The molecule has 0 amide bonds. The molecule has 0 N–H and O–H groups in total. The van der Waals surface area contributed by atoms with E-state index in [2.05, 4.69) is 4.74 Å². The first-order chi connectivity index (χ1) is 8.98. The Balaban J connectivity index is 3.60. The van der Waals surface area contributed by atoms with Gasteiger partial charge in [-0.1, -0.05) is 6.92 Å². The smallest absolute Gasteiger partial charge is 0.420 e. The van der Waals surface area contributed by atoms with Crippen molar-refractivity contribution in [2.75, 3.05) is 0 Å². The molecule has 0 aromatic heterocycles. The molecule has 1 aromatic rings. The molecule has 0 radical (unpaired) electrons. The molecule has 0 aliphatic carbocycles. The summed E-state index contributed by atoms with van der Waals surface area (Å²) in [4.78, 5) is 0. The van der Waals surface area contributed by atoms with Gasteiger partial charge < -0.3 is 4.74 Å².